The van der Waals surface area contributed by atoms with Gasteiger partial charge in [-0.3, -0.25) is 4.79 Å². The third-order valence-corrected chi connectivity index (χ3v) is 6.03. The van der Waals surface area contributed by atoms with Gasteiger partial charge in [0.1, 0.15) is 17.5 Å². The zero-order valence-corrected chi connectivity index (χ0v) is 18.7. The molecule has 184 valence electrons. The van der Waals surface area contributed by atoms with Crippen LogP contribution in [0.1, 0.15) is 35.7 Å². The Labute approximate surface area is 198 Å². The van der Waals surface area contributed by atoms with E-state index in [0.29, 0.717) is 19.0 Å². The summed E-state index contributed by atoms with van der Waals surface area (Å²) in [6.45, 7) is 2.49. The second-order valence-corrected chi connectivity index (χ2v) is 8.38. The number of benzene rings is 1. The van der Waals surface area contributed by atoms with Gasteiger partial charge in [0.05, 0.1) is 22.7 Å². The third-order valence-electron chi connectivity index (χ3n) is 6.03. The van der Waals surface area contributed by atoms with Crippen molar-refractivity contribution in [3.8, 4) is 11.4 Å². The lowest BCUT2D eigenvalue weighted by Gasteiger charge is -2.40. The normalized spacial score (nSPS) is 18.4. The molecular weight excluding hydrogens is 469 g/mol. The van der Waals surface area contributed by atoms with E-state index in [1.807, 2.05) is 6.92 Å². The van der Waals surface area contributed by atoms with Gasteiger partial charge in [-0.05, 0) is 43.0 Å². The maximum Gasteiger partial charge on any atom is 0.417 e. The maximum absolute atomic E-state index is 14.8. The van der Waals surface area contributed by atoms with E-state index in [1.165, 1.54) is 29.4 Å². The largest absolute Gasteiger partial charge is 0.417 e. The van der Waals surface area contributed by atoms with Crippen molar-refractivity contribution in [2.45, 2.75) is 32.0 Å². The van der Waals surface area contributed by atoms with Gasteiger partial charge in [-0.25, -0.2) is 23.7 Å². The molecule has 2 aromatic heterocycles. The molecule has 0 saturated carbocycles. The highest BCUT2D eigenvalue weighted by Gasteiger charge is 2.35. The van der Waals surface area contributed by atoms with E-state index in [1.54, 1.807) is 0 Å². The smallest absolute Gasteiger partial charge is 0.368 e. The minimum atomic E-state index is -4.49. The molecule has 0 bridgehead atoms. The maximum atomic E-state index is 14.8. The van der Waals surface area contributed by atoms with Crippen molar-refractivity contribution in [2.75, 3.05) is 18.4 Å². The standard InChI is InChI=1S/C24H22F5N5O/c1-14-4-2-9-34(19(14)13-33-20-6-5-15(12-32-20)24(27,28)29)23(35)17-10-16(25)11-18(26)21(17)22-30-7-3-8-31-22/h3,5-8,10-12,14,19H,2,4,9,13H2,1H3,(H,32,33)/t14-,19?/m1/s1. The fourth-order valence-electron chi connectivity index (χ4n) is 4.24. The van der Waals surface area contributed by atoms with Crippen LogP contribution in [0.3, 0.4) is 0 Å². The molecule has 1 fully saturated rings. The molecule has 3 heterocycles. The van der Waals surface area contributed by atoms with Crippen LogP contribution in [0.25, 0.3) is 11.4 Å². The number of carbonyl (C=O) groups excluding carboxylic acids is 1. The molecule has 1 aliphatic rings. The van der Waals surface area contributed by atoms with E-state index in [4.69, 9.17) is 0 Å². The van der Waals surface area contributed by atoms with Gasteiger partial charge in [0, 0.05) is 37.7 Å². The molecule has 1 unspecified atom stereocenters. The first-order valence-corrected chi connectivity index (χ1v) is 11.0. The topological polar surface area (TPSA) is 71.0 Å². The summed E-state index contributed by atoms with van der Waals surface area (Å²) in [5, 5.41) is 2.98. The van der Waals surface area contributed by atoms with Crippen molar-refractivity contribution in [3.05, 3.63) is 71.7 Å². The Hall–Kier alpha value is -3.63. The highest BCUT2D eigenvalue weighted by Crippen LogP contribution is 2.31. The second-order valence-electron chi connectivity index (χ2n) is 8.38. The van der Waals surface area contributed by atoms with E-state index < -0.39 is 35.3 Å². The Morgan fingerprint density at radius 2 is 1.89 bits per heavy atom. The number of nitrogens with zero attached hydrogens (tertiary/aromatic N) is 4. The summed E-state index contributed by atoms with van der Waals surface area (Å²) >= 11 is 0. The summed E-state index contributed by atoms with van der Waals surface area (Å²) in [6.07, 6.45) is 0.530. The predicted molar refractivity (Wildman–Crippen MR) is 118 cm³/mol. The molecule has 0 radical (unpaired) electrons. The van der Waals surface area contributed by atoms with Gasteiger partial charge in [0.25, 0.3) is 5.91 Å². The summed E-state index contributed by atoms with van der Waals surface area (Å²) in [7, 11) is 0. The molecule has 1 amide bonds. The molecule has 35 heavy (non-hydrogen) atoms. The number of alkyl halides is 3. The van der Waals surface area contributed by atoms with E-state index in [0.717, 1.165) is 24.8 Å². The number of likely N-dealkylation sites (tertiary alicyclic amines) is 1. The van der Waals surface area contributed by atoms with Gasteiger partial charge < -0.3 is 10.2 Å². The zero-order chi connectivity index (χ0) is 25.2. The molecule has 1 aliphatic heterocycles. The Balaban J connectivity index is 1.60. The Bertz CT molecular complexity index is 1190. The Morgan fingerprint density at radius 3 is 2.54 bits per heavy atom. The fourth-order valence-corrected chi connectivity index (χ4v) is 4.24. The van der Waals surface area contributed by atoms with Gasteiger partial charge in [-0.15, -0.1) is 0 Å². The van der Waals surface area contributed by atoms with E-state index in [2.05, 4.69) is 20.3 Å². The first kappa shape index (κ1) is 24.5. The number of pyridine rings is 1. The Kier molecular flexibility index (Phi) is 6.95. The number of halogens is 5. The summed E-state index contributed by atoms with van der Waals surface area (Å²) in [5.41, 5.74) is -1.25. The number of hydrogen-bond donors (Lipinski definition) is 1. The number of aromatic nitrogens is 3. The first-order valence-electron chi connectivity index (χ1n) is 11.0. The van der Waals surface area contributed by atoms with Crippen molar-refractivity contribution < 1.29 is 26.7 Å². The van der Waals surface area contributed by atoms with Crippen LogP contribution in [0.5, 0.6) is 0 Å². The van der Waals surface area contributed by atoms with Gasteiger partial charge >= 0.3 is 6.18 Å². The van der Waals surface area contributed by atoms with Crippen molar-refractivity contribution in [2.24, 2.45) is 5.92 Å². The predicted octanol–water partition coefficient (Wildman–Crippen LogP) is 5.19. The molecule has 1 aromatic carbocycles. The average molecular weight is 491 g/mol. The number of rotatable bonds is 5. The first-order chi connectivity index (χ1) is 16.6. The van der Waals surface area contributed by atoms with Gasteiger partial charge in [0.15, 0.2) is 5.82 Å². The Morgan fingerprint density at radius 1 is 1.14 bits per heavy atom. The minimum absolute atomic E-state index is 0.0180. The number of hydrogen-bond acceptors (Lipinski definition) is 5. The lowest BCUT2D eigenvalue weighted by molar-refractivity contribution is -0.137. The molecule has 0 aliphatic carbocycles. The summed E-state index contributed by atoms with van der Waals surface area (Å²) in [6, 6.07) is 4.93. The van der Waals surface area contributed by atoms with Crippen LogP contribution in [0, 0.1) is 17.6 Å². The number of carbonyl (C=O) groups is 1. The van der Waals surface area contributed by atoms with Crippen LogP contribution in [0.4, 0.5) is 27.8 Å². The summed E-state index contributed by atoms with van der Waals surface area (Å²) in [4.78, 5) is 27.0. The van der Waals surface area contributed by atoms with Crippen molar-refractivity contribution in [1.82, 2.24) is 19.9 Å². The average Bonchev–Trinajstić information content (AvgIpc) is 2.82. The zero-order valence-electron chi connectivity index (χ0n) is 18.7. The van der Waals surface area contributed by atoms with Gasteiger partial charge in [-0.2, -0.15) is 13.2 Å². The number of amides is 1. The second kappa shape index (κ2) is 9.93. The van der Waals surface area contributed by atoms with Crippen LogP contribution < -0.4 is 5.32 Å². The van der Waals surface area contributed by atoms with Crippen molar-refractivity contribution in [1.29, 1.82) is 0 Å². The summed E-state index contributed by atoms with van der Waals surface area (Å²) in [5.74, 6) is -2.23. The SMILES string of the molecule is C[C@@H]1CCCN(C(=O)c2cc(F)cc(F)c2-c2ncccn2)C1CNc1ccc(C(F)(F)F)cn1. The molecule has 3 aromatic rings. The summed E-state index contributed by atoms with van der Waals surface area (Å²) < 4.78 is 67.3. The lowest BCUT2D eigenvalue weighted by Crippen LogP contribution is -2.51. The van der Waals surface area contributed by atoms with Gasteiger partial charge in [-0.1, -0.05) is 6.92 Å². The number of piperidine rings is 1. The molecule has 11 heteroatoms. The van der Waals surface area contributed by atoms with Crippen LogP contribution in [0.15, 0.2) is 48.9 Å². The molecule has 1 N–H and O–H groups in total. The van der Waals surface area contributed by atoms with Crippen molar-refractivity contribution >= 4 is 11.7 Å². The van der Waals surface area contributed by atoms with E-state index >= 15 is 0 Å². The third kappa shape index (κ3) is 5.39. The molecule has 2 atom stereocenters. The fraction of sp³-hybridized carbons (Fsp3) is 0.333. The molecule has 4 rings (SSSR count). The van der Waals surface area contributed by atoms with Crippen LogP contribution in [-0.4, -0.2) is 44.9 Å². The van der Waals surface area contributed by atoms with Crippen LogP contribution in [-0.2, 0) is 6.18 Å². The molecule has 0 spiro atoms. The monoisotopic (exact) mass is 491 g/mol. The van der Waals surface area contributed by atoms with Crippen LogP contribution in [0.2, 0.25) is 0 Å². The van der Waals surface area contributed by atoms with Crippen LogP contribution >= 0.6 is 0 Å². The van der Waals surface area contributed by atoms with E-state index in [9.17, 15) is 26.7 Å². The molecule has 1 saturated heterocycles. The number of nitrogens with one attached hydrogen (secondary N) is 1. The lowest BCUT2D eigenvalue weighted by atomic mass is 9.89. The van der Waals surface area contributed by atoms with Crippen molar-refractivity contribution in [3.63, 3.8) is 0 Å². The molecule has 6 nitrogen and oxygen atoms in total. The highest BCUT2D eigenvalue weighted by atomic mass is 19.4. The van der Waals surface area contributed by atoms with E-state index in [-0.39, 0.29) is 35.2 Å². The molecular formula is C24H22F5N5O. The highest BCUT2D eigenvalue weighted by molar-refractivity contribution is 6.00. The quantitative estimate of drug-likeness (QED) is 0.498. The number of anilines is 1. The van der Waals surface area contributed by atoms with Gasteiger partial charge in [0.2, 0.25) is 0 Å². The minimum Gasteiger partial charge on any atom is -0.368 e.